The summed E-state index contributed by atoms with van der Waals surface area (Å²) in [4.78, 5) is 0. The molecule has 10 nitrogen and oxygen atoms in total. The van der Waals surface area contributed by atoms with Crippen LogP contribution in [0.25, 0.3) is 0 Å². The Morgan fingerprint density at radius 3 is 2.07 bits per heavy atom. The van der Waals surface area contributed by atoms with Crippen LogP contribution in [-0.4, -0.2) is 40.8 Å². The summed E-state index contributed by atoms with van der Waals surface area (Å²) in [5, 5.41) is 30.9. The maximum Gasteiger partial charge on any atom is 0.269 e. The van der Waals surface area contributed by atoms with Gasteiger partial charge in [0.2, 0.25) is 0 Å². The number of nitrogens with zero attached hydrogens (tertiary/aromatic N) is 8. The highest BCUT2D eigenvalue weighted by Crippen LogP contribution is 2.00. The van der Waals surface area contributed by atoms with Crippen molar-refractivity contribution in [3.05, 3.63) is 6.33 Å². The Bertz CT molecular complexity index is 396. The Morgan fingerprint density at radius 2 is 1.43 bits per heavy atom. The summed E-state index contributed by atoms with van der Waals surface area (Å²) in [6.45, 7) is 0. The number of hydrogen-bond donors (Lipinski definition) is 2. The zero-order chi connectivity index (χ0) is 9.80. The van der Waals surface area contributed by atoms with Gasteiger partial charge in [-0.2, -0.15) is 0 Å². The number of nitrogen functional groups attached to an aromatic ring is 1. The van der Waals surface area contributed by atoms with E-state index in [0.717, 1.165) is 0 Å². The monoisotopic (exact) mass is 192 g/mol. The molecule has 0 aliphatic heterocycles. The van der Waals surface area contributed by atoms with Crippen molar-refractivity contribution < 1.29 is 0 Å². The zero-order valence-electron chi connectivity index (χ0n) is 6.73. The molecular weight excluding hydrogens is 188 g/mol. The van der Waals surface area contributed by atoms with Crippen LogP contribution in [0.3, 0.4) is 0 Å². The highest BCUT2D eigenvalue weighted by atomic mass is 15.4. The molecule has 0 atom stereocenters. The van der Waals surface area contributed by atoms with Gasteiger partial charge in [0.15, 0.2) is 6.33 Å². The molecule has 0 spiro atoms. The molecule has 2 rings (SSSR count). The third-order valence-corrected chi connectivity index (χ3v) is 1.13. The molecule has 0 saturated heterocycles. The maximum atomic E-state index is 5.19. The molecule has 0 saturated carbocycles. The molecule has 0 bridgehead atoms. The Hall–Kier alpha value is -2.52. The fraction of sp³-hybridized carbons (Fsp3) is 0. The minimum Gasteiger partial charge on any atom is -0.365 e. The topological polar surface area (TPSA) is 141 Å². The second kappa shape index (κ2) is 3.47. The molecule has 10 heteroatoms. The summed E-state index contributed by atoms with van der Waals surface area (Å²) < 4.78 is 0. The van der Waals surface area contributed by atoms with Crippen LogP contribution in [-0.2, 0) is 0 Å². The van der Waals surface area contributed by atoms with E-state index in [9.17, 15) is 0 Å². The summed E-state index contributed by atoms with van der Waals surface area (Å²) in [6, 6.07) is 0. The maximum absolute atomic E-state index is 5.19. The number of rotatable bonds is 2. The van der Waals surface area contributed by atoms with Gasteiger partial charge in [0.25, 0.3) is 17.8 Å². The van der Waals surface area contributed by atoms with E-state index < -0.39 is 0 Å². The standard InChI is InChI=1S/C4H4N10/c5-2-9-13-4(14-10-2)8-3-11-6-1-7-12-3/h1H,(H2,5,9,10)(H,8,11,12,13,14). The summed E-state index contributed by atoms with van der Waals surface area (Å²) >= 11 is 0. The number of nitrogens with two attached hydrogens (primary N) is 1. The van der Waals surface area contributed by atoms with Crippen molar-refractivity contribution in [2.24, 2.45) is 0 Å². The van der Waals surface area contributed by atoms with Crippen molar-refractivity contribution in [1.82, 2.24) is 40.8 Å². The van der Waals surface area contributed by atoms with Crippen molar-refractivity contribution in [3.63, 3.8) is 0 Å². The van der Waals surface area contributed by atoms with Crippen LogP contribution in [0.5, 0.6) is 0 Å². The fourth-order valence-corrected chi connectivity index (χ4v) is 0.641. The smallest absolute Gasteiger partial charge is 0.269 e. The lowest BCUT2D eigenvalue weighted by Gasteiger charge is -1.97. The molecule has 14 heavy (non-hydrogen) atoms. The van der Waals surface area contributed by atoms with Gasteiger partial charge in [-0.3, -0.25) is 5.32 Å². The molecule has 0 amide bonds. The van der Waals surface area contributed by atoms with Gasteiger partial charge >= 0.3 is 0 Å². The number of aromatic nitrogens is 8. The van der Waals surface area contributed by atoms with Crippen molar-refractivity contribution in [1.29, 1.82) is 0 Å². The van der Waals surface area contributed by atoms with E-state index in [1.54, 1.807) is 0 Å². The molecular formula is C4H4N10. The number of hydrogen-bond acceptors (Lipinski definition) is 10. The van der Waals surface area contributed by atoms with Gasteiger partial charge in [-0.15, -0.1) is 40.8 Å². The Kier molecular flexibility index (Phi) is 2.01. The SMILES string of the molecule is Nc1nnc(Nc2nncnn2)nn1. The second-order valence-electron chi connectivity index (χ2n) is 2.08. The molecule has 0 unspecified atom stereocenters. The second-order valence-corrected chi connectivity index (χ2v) is 2.08. The molecule has 0 aliphatic carbocycles. The predicted molar refractivity (Wildman–Crippen MR) is 42.9 cm³/mol. The Morgan fingerprint density at radius 1 is 0.857 bits per heavy atom. The first-order chi connectivity index (χ1) is 6.84. The van der Waals surface area contributed by atoms with Gasteiger partial charge in [-0.05, 0) is 0 Å². The summed E-state index contributed by atoms with van der Waals surface area (Å²) in [6.07, 6.45) is 1.20. The van der Waals surface area contributed by atoms with Gasteiger partial charge in [-0.1, -0.05) is 0 Å². The van der Waals surface area contributed by atoms with E-state index in [2.05, 4.69) is 46.1 Å². The van der Waals surface area contributed by atoms with Crippen LogP contribution >= 0.6 is 0 Å². The Labute approximate surface area is 77.0 Å². The minimum absolute atomic E-state index is 0.0132. The highest BCUT2D eigenvalue weighted by molar-refractivity contribution is 5.38. The van der Waals surface area contributed by atoms with Crippen LogP contribution in [0.15, 0.2) is 6.33 Å². The zero-order valence-corrected chi connectivity index (χ0v) is 6.73. The van der Waals surface area contributed by atoms with Gasteiger partial charge in [0.1, 0.15) is 0 Å². The van der Waals surface area contributed by atoms with Gasteiger partial charge < -0.3 is 5.73 Å². The van der Waals surface area contributed by atoms with E-state index >= 15 is 0 Å². The average Bonchev–Trinajstić information content (AvgIpc) is 2.23. The predicted octanol–water partition coefficient (Wildman–Crippen LogP) is -1.83. The van der Waals surface area contributed by atoms with E-state index in [0.29, 0.717) is 0 Å². The van der Waals surface area contributed by atoms with Crippen LogP contribution in [0.4, 0.5) is 17.8 Å². The molecule has 3 N–H and O–H groups in total. The normalized spacial score (nSPS) is 9.71. The quantitative estimate of drug-likeness (QED) is 0.557. The third-order valence-electron chi connectivity index (χ3n) is 1.13. The van der Waals surface area contributed by atoms with Crippen LogP contribution in [0, 0.1) is 0 Å². The first kappa shape index (κ1) is 8.10. The van der Waals surface area contributed by atoms with Gasteiger partial charge in [0.05, 0.1) is 0 Å². The minimum atomic E-state index is -0.0132. The molecule has 2 aromatic heterocycles. The van der Waals surface area contributed by atoms with Crippen molar-refractivity contribution in [2.75, 3.05) is 11.1 Å². The van der Waals surface area contributed by atoms with Gasteiger partial charge in [0, 0.05) is 0 Å². The summed E-state index contributed by atoms with van der Waals surface area (Å²) in [5.74, 6) is 0.260. The number of nitrogens with one attached hydrogen (secondary N) is 1. The lowest BCUT2D eigenvalue weighted by molar-refractivity contribution is 0.840. The van der Waals surface area contributed by atoms with E-state index in [4.69, 9.17) is 5.73 Å². The Balaban J connectivity index is 2.16. The molecule has 0 aliphatic rings. The summed E-state index contributed by atoms with van der Waals surface area (Å²) in [5.41, 5.74) is 5.19. The largest absolute Gasteiger partial charge is 0.365 e. The van der Waals surface area contributed by atoms with E-state index in [-0.39, 0.29) is 17.8 Å². The van der Waals surface area contributed by atoms with Crippen LogP contribution < -0.4 is 11.1 Å². The fourth-order valence-electron chi connectivity index (χ4n) is 0.641. The molecule has 0 radical (unpaired) electrons. The highest BCUT2D eigenvalue weighted by Gasteiger charge is 2.01. The van der Waals surface area contributed by atoms with E-state index in [1.165, 1.54) is 6.33 Å². The van der Waals surface area contributed by atoms with E-state index in [1.807, 2.05) is 0 Å². The van der Waals surface area contributed by atoms with Crippen molar-refractivity contribution in [3.8, 4) is 0 Å². The van der Waals surface area contributed by atoms with Crippen molar-refractivity contribution >= 4 is 17.8 Å². The first-order valence-electron chi connectivity index (χ1n) is 3.45. The van der Waals surface area contributed by atoms with Crippen LogP contribution in [0.2, 0.25) is 0 Å². The molecule has 70 valence electrons. The van der Waals surface area contributed by atoms with Gasteiger partial charge in [-0.25, -0.2) is 0 Å². The lowest BCUT2D eigenvalue weighted by atomic mass is 10.9. The average molecular weight is 192 g/mol. The first-order valence-corrected chi connectivity index (χ1v) is 3.45. The molecule has 0 fully saturated rings. The van der Waals surface area contributed by atoms with Crippen LogP contribution in [0.1, 0.15) is 0 Å². The summed E-state index contributed by atoms with van der Waals surface area (Å²) in [7, 11) is 0. The molecule has 2 heterocycles. The van der Waals surface area contributed by atoms with Crippen molar-refractivity contribution in [2.45, 2.75) is 0 Å². The molecule has 2 aromatic rings. The molecule has 0 aromatic carbocycles. The number of anilines is 3. The lowest BCUT2D eigenvalue weighted by Crippen LogP contribution is -2.07. The third kappa shape index (κ3) is 1.80.